The van der Waals surface area contributed by atoms with Crippen LogP contribution in [0.1, 0.15) is 12.0 Å². The zero-order valence-electron chi connectivity index (χ0n) is 18.4. The van der Waals surface area contributed by atoms with Crippen molar-refractivity contribution in [3.63, 3.8) is 0 Å². The summed E-state index contributed by atoms with van der Waals surface area (Å²) in [5.41, 5.74) is 3.32. The van der Waals surface area contributed by atoms with Gasteiger partial charge in [-0.15, -0.1) is 0 Å². The van der Waals surface area contributed by atoms with E-state index < -0.39 is 0 Å². The van der Waals surface area contributed by atoms with Crippen LogP contribution in [-0.4, -0.2) is 80.1 Å². The number of likely N-dealkylation sites (N-methyl/N-ethyl adjacent to an activating group) is 1. The molecular weight excluding hydrogens is 410 g/mol. The number of benzene rings is 2. The van der Waals surface area contributed by atoms with Crippen LogP contribution >= 0.6 is 11.6 Å². The summed E-state index contributed by atoms with van der Waals surface area (Å²) in [6.45, 7) is 6.23. The van der Waals surface area contributed by atoms with Crippen LogP contribution in [0.2, 0.25) is 5.02 Å². The van der Waals surface area contributed by atoms with Crippen molar-refractivity contribution in [3.8, 4) is 0 Å². The van der Waals surface area contributed by atoms with Crippen LogP contribution in [0.15, 0.2) is 48.5 Å². The first-order valence-corrected chi connectivity index (χ1v) is 11.4. The number of halogens is 1. The number of nitrogens with zero attached hydrogens (tertiary/aromatic N) is 4. The van der Waals surface area contributed by atoms with E-state index in [2.05, 4.69) is 58.4 Å². The number of hydrogen-bond donors (Lipinski definition) is 1. The summed E-state index contributed by atoms with van der Waals surface area (Å²) in [6.07, 6.45) is 1.19. The van der Waals surface area contributed by atoms with Gasteiger partial charge in [-0.1, -0.05) is 23.7 Å². The number of rotatable bonds is 5. The molecular formula is C24H32ClN5O. The van der Waals surface area contributed by atoms with Gasteiger partial charge in [-0.05, 0) is 62.5 Å². The molecule has 0 aromatic heterocycles. The van der Waals surface area contributed by atoms with Crippen molar-refractivity contribution < 1.29 is 4.79 Å². The Kier molecular flexibility index (Phi) is 7.00. The van der Waals surface area contributed by atoms with Gasteiger partial charge in [0.25, 0.3) is 0 Å². The lowest BCUT2D eigenvalue weighted by Gasteiger charge is -2.34. The lowest BCUT2D eigenvalue weighted by molar-refractivity contribution is 0.143. The fourth-order valence-corrected chi connectivity index (χ4v) is 4.44. The second kappa shape index (κ2) is 9.90. The summed E-state index contributed by atoms with van der Waals surface area (Å²) in [5, 5.41) is 3.81. The van der Waals surface area contributed by atoms with Crippen molar-refractivity contribution in [1.29, 1.82) is 0 Å². The van der Waals surface area contributed by atoms with E-state index in [0.29, 0.717) is 6.04 Å². The Morgan fingerprint density at radius 3 is 2.29 bits per heavy atom. The van der Waals surface area contributed by atoms with Crippen LogP contribution in [0.25, 0.3) is 0 Å². The standard InChI is InChI=1S/C24H32ClN5O/c1-27(2)23-11-12-30(18-23)22-9-7-21(8-10-22)26-24(31)29-15-13-28(14-16-29)17-19-3-5-20(25)6-4-19/h3-10,23H,11-18H2,1-2H3,(H,26,31). The van der Waals surface area contributed by atoms with Gasteiger partial charge in [-0.3, -0.25) is 4.90 Å². The minimum atomic E-state index is -0.0206. The van der Waals surface area contributed by atoms with E-state index >= 15 is 0 Å². The number of piperazine rings is 1. The van der Waals surface area contributed by atoms with E-state index in [1.807, 2.05) is 29.2 Å². The molecule has 2 amide bonds. The van der Waals surface area contributed by atoms with Gasteiger partial charge in [0.15, 0.2) is 0 Å². The van der Waals surface area contributed by atoms with Crippen molar-refractivity contribution in [2.24, 2.45) is 0 Å². The molecule has 7 heteroatoms. The van der Waals surface area contributed by atoms with Crippen molar-refractivity contribution in [1.82, 2.24) is 14.7 Å². The quantitative estimate of drug-likeness (QED) is 0.765. The Morgan fingerprint density at radius 2 is 1.68 bits per heavy atom. The fourth-order valence-electron chi connectivity index (χ4n) is 4.31. The predicted molar refractivity (Wildman–Crippen MR) is 128 cm³/mol. The molecule has 2 saturated heterocycles. The Bertz CT molecular complexity index is 863. The molecule has 166 valence electrons. The zero-order chi connectivity index (χ0) is 21.8. The molecule has 2 aromatic rings. The summed E-state index contributed by atoms with van der Waals surface area (Å²) in [5.74, 6) is 0. The van der Waals surface area contributed by atoms with E-state index in [9.17, 15) is 4.79 Å². The number of carbonyl (C=O) groups is 1. The van der Waals surface area contributed by atoms with Crippen LogP contribution in [0.5, 0.6) is 0 Å². The highest BCUT2D eigenvalue weighted by molar-refractivity contribution is 6.30. The Morgan fingerprint density at radius 1 is 1.00 bits per heavy atom. The molecule has 0 saturated carbocycles. The van der Waals surface area contributed by atoms with Crippen LogP contribution in [0.4, 0.5) is 16.2 Å². The number of amides is 2. The molecule has 0 aliphatic carbocycles. The molecule has 0 spiro atoms. The number of hydrogen-bond acceptors (Lipinski definition) is 4. The molecule has 4 rings (SSSR count). The molecule has 2 aliphatic rings. The summed E-state index contributed by atoms with van der Waals surface area (Å²) >= 11 is 5.96. The summed E-state index contributed by atoms with van der Waals surface area (Å²) in [7, 11) is 4.29. The smallest absolute Gasteiger partial charge is 0.321 e. The van der Waals surface area contributed by atoms with E-state index in [1.54, 1.807) is 0 Å². The molecule has 31 heavy (non-hydrogen) atoms. The summed E-state index contributed by atoms with van der Waals surface area (Å²) in [4.78, 5) is 21.7. The molecule has 0 radical (unpaired) electrons. The number of urea groups is 1. The second-order valence-corrected chi connectivity index (χ2v) is 9.16. The lowest BCUT2D eigenvalue weighted by Crippen LogP contribution is -2.49. The largest absolute Gasteiger partial charge is 0.370 e. The molecule has 0 bridgehead atoms. The molecule has 2 fully saturated rings. The molecule has 1 unspecified atom stereocenters. The maximum Gasteiger partial charge on any atom is 0.321 e. The third-order valence-electron chi connectivity index (χ3n) is 6.36. The molecule has 2 heterocycles. The van der Waals surface area contributed by atoms with Gasteiger partial charge in [0.05, 0.1) is 0 Å². The topological polar surface area (TPSA) is 42.1 Å². The first-order valence-electron chi connectivity index (χ1n) is 11.0. The number of anilines is 2. The third kappa shape index (κ3) is 5.70. The second-order valence-electron chi connectivity index (χ2n) is 8.72. The van der Waals surface area contributed by atoms with Crippen molar-refractivity contribution >= 4 is 29.0 Å². The average molecular weight is 442 g/mol. The Hall–Kier alpha value is -2.28. The van der Waals surface area contributed by atoms with Gasteiger partial charge in [0, 0.05) is 68.3 Å². The summed E-state index contributed by atoms with van der Waals surface area (Å²) < 4.78 is 0. The van der Waals surface area contributed by atoms with E-state index in [4.69, 9.17) is 11.6 Å². The molecule has 2 aromatic carbocycles. The minimum Gasteiger partial charge on any atom is -0.370 e. The fraction of sp³-hybridized carbons (Fsp3) is 0.458. The van der Waals surface area contributed by atoms with Crippen LogP contribution < -0.4 is 10.2 Å². The Balaban J connectivity index is 1.24. The molecule has 6 nitrogen and oxygen atoms in total. The molecule has 1 atom stereocenters. The lowest BCUT2D eigenvalue weighted by atomic mass is 10.2. The maximum atomic E-state index is 12.7. The Labute approximate surface area is 190 Å². The van der Waals surface area contributed by atoms with E-state index in [0.717, 1.165) is 56.5 Å². The number of nitrogens with one attached hydrogen (secondary N) is 1. The van der Waals surface area contributed by atoms with E-state index in [1.165, 1.54) is 17.7 Å². The third-order valence-corrected chi connectivity index (χ3v) is 6.61. The van der Waals surface area contributed by atoms with Gasteiger partial charge in [0.2, 0.25) is 0 Å². The van der Waals surface area contributed by atoms with Crippen LogP contribution in [-0.2, 0) is 6.54 Å². The van der Waals surface area contributed by atoms with Crippen LogP contribution in [0.3, 0.4) is 0 Å². The molecule has 1 N–H and O–H groups in total. The highest BCUT2D eigenvalue weighted by atomic mass is 35.5. The van der Waals surface area contributed by atoms with Crippen molar-refractivity contribution in [2.75, 3.05) is 63.6 Å². The van der Waals surface area contributed by atoms with Gasteiger partial charge in [0.1, 0.15) is 0 Å². The van der Waals surface area contributed by atoms with Gasteiger partial charge in [-0.2, -0.15) is 0 Å². The van der Waals surface area contributed by atoms with E-state index in [-0.39, 0.29) is 6.03 Å². The summed E-state index contributed by atoms with van der Waals surface area (Å²) in [6, 6.07) is 16.8. The highest BCUT2D eigenvalue weighted by Gasteiger charge is 2.24. The predicted octanol–water partition coefficient (Wildman–Crippen LogP) is 3.83. The van der Waals surface area contributed by atoms with Crippen molar-refractivity contribution in [3.05, 3.63) is 59.1 Å². The SMILES string of the molecule is CN(C)C1CCN(c2ccc(NC(=O)N3CCN(Cc4ccc(Cl)cc4)CC3)cc2)C1. The molecule has 2 aliphatic heterocycles. The van der Waals surface area contributed by atoms with Crippen LogP contribution in [0, 0.1) is 0 Å². The van der Waals surface area contributed by atoms with Gasteiger partial charge < -0.3 is 20.0 Å². The monoisotopic (exact) mass is 441 g/mol. The zero-order valence-corrected chi connectivity index (χ0v) is 19.2. The average Bonchev–Trinajstić information content (AvgIpc) is 3.27. The normalized spacial score (nSPS) is 19.8. The maximum absolute atomic E-state index is 12.7. The first-order chi connectivity index (χ1) is 15.0. The van der Waals surface area contributed by atoms with Gasteiger partial charge >= 0.3 is 6.03 Å². The number of carbonyl (C=O) groups excluding carboxylic acids is 1. The van der Waals surface area contributed by atoms with Crippen molar-refractivity contribution in [2.45, 2.75) is 19.0 Å². The van der Waals surface area contributed by atoms with Gasteiger partial charge in [-0.25, -0.2) is 4.79 Å². The highest BCUT2D eigenvalue weighted by Crippen LogP contribution is 2.24. The first kappa shape index (κ1) is 21.9. The minimum absolute atomic E-state index is 0.0206.